The number of nitrogens with two attached hydrogens (primary N) is 1. The quantitative estimate of drug-likeness (QED) is 0.683. The van der Waals surface area contributed by atoms with Crippen LogP contribution in [0.5, 0.6) is 5.75 Å². The summed E-state index contributed by atoms with van der Waals surface area (Å²) in [6.45, 7) is 0.809. The summed E-state index contributed by atoms with van der Waals surface area (Å²) in [6.07, 6.45) is 7.90. The van der Waals surface area contributed by atoms with Gasteiger partial charge in [-0.2, -0.15) is 0 Å². The Balaban J connectivity index is 0.00000220. The lowest BCUT2D eigenvalue weighted by atomic mass is 10.1. The largest absolute Gasteiger partial charge is 0.494 e. The molecule has 0 aromatic heterocycles. The molecule has 0 spiro atoms. The number of thioether (sulfide) groups is 1. The van der Waals surface area contributed by atoms with E-state index in [-0.39, 0.29) is 17.0 Å². The van der Waals surface area contributed by atoms with E-state index in [2.05, 4.69) is 4.99 Å². The van der Waals surface area contributed by atoms with Crippen molar-refractivity contribution < 1.29 is 4.74 Å². The van der Waals surface area contributed by atoms with Crippen molar-refractivity contribution in [3.63, 3.8) is 0 Å². The molecule has 0 amide bonds. The molecule has 0 atom stereocenters. The minimum atomic E-state index is 0. The van der Waals surface area contributed by atoms with Crippen molar-refractivity contribution in [1.82, 2.24) is 0 Å². The summed E-state index contributed by atoms with van der Waals surface area (Å²) in [7, 11) is 0. The molecule has 1 aromatic rings. The number of amidine groups is 1. The first-order valence-electron chi connectivity index (χ1n) is 7.16. The third kappa shape index (κ3) is 7.58. The van der Waals surface area contributed by atoms with Gasteiger partial charge in [0, 0.05) is 12.0 Å². The number of benzene rings is 1. The molecule has 0 fully saturated rings. The van der Waals surface area contributed by atoms with Crippen LogP contribution in [0.25, 0.3) is 0 Å². The lowest BCUT2D eigenvalue weighted by molar-refractivity contribution is 0.304. The SMILES string of the molecule is Br.NC1=NC=C(CCCCCCOc2ccccc2)CS1. The van der Waals surface area contributed by atoms with Gasteiger partial charge in [-0.25, -0.2) is 4.99 Å². The van der Waals surface area contributed by atoms with Crippen molar-refractivity contribution in [3.8, 4) is 5.75 Å². The zero-order valence-electron chi connectivity index (χ0n) is 12.2. The van der Waals surface area contributed by atoms with Gasteiger partial charge < -0.3 is 10.5 Å². The number of rotatable bonds is 8. The molecule has 0 unspecified atom stereocenters. The Morgan fingerprint density at radius 1 is 1.10 bits per heavy atom. The number of halogens is 1. The maximum atomic E-state index is 5.67. The van der Waals surface area contributed by atoms with Crippen LogP contribution in [0.3, 0.4) is 0 Å². The minimum Gasteiger partial charge on any atom is -0.494 e. The number of para-hydroxylation sites is 1. The van der Waals surface area contributed by atoms with Crippen LogP contribution in [0.2, 0.25) is 0 Å². The molecule has 1 aliphatic rings. The zero-order valence-corrected chi connectivity index (χ0v) is 14.7. The number of hydrogen-bond donors (Lipinski definition) is 1. The Hall–Kier alpha value is -0.940. The van der Waals surface area contributed by atoms with Gasteiger partial charge in [0.25, 0.3) is 0 Å². The third-order valence-corrected chi connectivity index (χ3v) is 4.10. The van der Waals surface area contributed by atoms with Crippen LogP contribution >= 0.6 is 28.7 Å². The molecule has 0 saturated heterocycles. The Kier molecular flexibility index (Phi) is 9.26. The molecule has 3 nitrogen and oxygen atoms in total. The molecule has 1 aliphatic heterocycles. The fraction of sp³-hybridized carbons (Fsp3) is 0.438. The van der Waals surface area contributed by atoms with Crippen molar-refractivity contribution in [1.29, 1.82) is 0 Å². The van der Waals surface area contributed by atoms with Crippen molar-refractivity contribution in [2.75, 3.05) is 12.4 Å². The van der Waals surface area contributed by atoms with E-state index < -0.39 is 0 Å². The second-order valence-corrected chi connectivity index (χ2v) is 5.86. The molecule has 2 N–H and O–H groups in total. The molecule has 0 radical (unpaired) electrons. The van der Waals surface area contributed by atoms with E-state index in [9.17, 15) is 0 Å². The van der Waals surface area contributed by atoms with Crippen molar-refractivity contribution in [3.05, 3.63) is 42.1 Å². The normalized spacial score (nSPS) is 13.9. The van der Waals surface area contributed by atoms with Crippen molar-refractivity contribution in [2.24, 2.45) is 10.7 Å². The van der Waals surface area contributed by atoms with Gasteiger partial charge in [0.15, 0.2) is 5.17 Å². The summed E-state index contributed by atoms with van der Waals surface area (Å²) in [5.41, 5.74) is 7.02. The van der Waals surface area contributed by atoms with Crippen molar-refractivity contribution in [2.45, 2.75) is 32.1 Å². The molecule has 2 rings (SSSR count). The van der Waals surface area contributed by atoms with Crippen LogP contribution in [0, 0.1) is 0 Å². The molecule has 0 bridgehead atoms. The first-order chi connectivity index (χ1) is 9.84. The molecule has 1 aromatic carbocycles. The summed E-state index contributed by atoms with van der Waals surface area (Å²) in [4.78, 5) is 4.15. The highest BCUT2D eigenvalue weighted by molar-refractivity contribution is 8.93. The van der Waals surface area contributed by atoms with Gasteiger partial charge in [-0.15, -0.1) is 17.0 Å². The highest BCUT2D eigenvalue weighted by atomic mass is 79.9. The minimum absolute atomic E-state index is 0. The van der Waals surface area contributed by atoms with Crippen LogP contribution < -0.4 is 10.5 Å². The summed E-state index contributed by atoms with van der Waals surface area (Å²) in [6, 6.07) is 10.0. The number of aliphatic imine (C=N–C) groups is 1. The van der Waals surface area contributed by atoms with Crippen LogP contribution in [0.15, 0.2) is 47.1 Å². The lowest BCUT2D eigenvalue weighted by Gasteiger charge is -2.10. The van der Waals surface area contributed by atoms with Crippen LogP contribution in [-0.2, 0) is 0 Å². The maximum absolute atomic E-state index is 5.67. The molecule has 0 aliphatic carbocycles. The van der Waals surface area contributed by atoms with Gasteiger partial charge in [-0.05, 0) is 37.0 Å². The molecule has 116 valence electrons. The van der Waals surface area contributed by atoms with Gasteiger partial charge in [0.1, 0.15) is 5.75 Å². The summed E-state index contributed by atoms with van der Waals surface area (Å²) in [5, 5.41) is 0.687. The van der Waals surface area contributed by atoms with Gasteiger partial charge in [0.2, 0.25) is 0 Å². The predicted molar refractivity (Wildman–Crippen MR) is 97.5 cm³/mol. The average molecular weight is 371 g/mol. The standard InChI is InChI=1S/C16H22N2OS.BrH/c17-16-18-12-14(13-20-16)8-4-1-2-7-11-19-15-9-5-3-6-10-15;/h3,5-6,9-10,12H,1-2,4,7-8,11,13H2,(H2,17,18);1H. The molecule has 1 heterocycles. The Bertz CT molecular complexity index is 463. The van der Waals surface area contributed by atoms with E-state index in [1.54, 1.807) is 11.8 Å². The van der Waals surface area contributed by atoms with E-state index >= 15 is 0 Å². The topological polar surface area (TPSA) is 47.6 Å². The highest BCUT2D eigenvalue weighted by Gasteiger charge is 2.05. The fourth-order valence-corrected chi connectivity index (χ4v) is 2.73. The van der Waals surface area contributed by atoms with Crippen LogP contribution in [0.4, 0.5) is 0 Å². The lowest BCUT2D eigenvalue weighted by Crippen LogP contribution is -2.10. The summed E-state index contributed by atoms with van der Waals surface area (Å²) >= 11 is 1.64. The summed E-state index contributed by atoms with van der Waals surface area (Å²) in [5.74, 6) is 1.97. The van der Waals surface area contributed by atoms with Gasteiger partial charge in [-0.3, -0.25) is 0 Å². The zero-order chi connectivity index (χ0) is 14.0. The van der Waals surface area contributed by atoms with E-state index in [1.807, 2.05) is 36.5 Å². The van der Waals surface area contributed by atoms with Crippen LogP contribution in [-0.4, -0.2) is 17.5 Å². The van der Waals surface area contributed by atoms with E-state index in [0.717, 1.165) is 31.0 Å². The van der Waals surface area contributed by atoms with E-state index in [1.165, 1.54) is 24.8 Å². The predicted octanol–water partition coefficient (Wildman–Crippen LogP) is 4.54. The Morgan fingerprint density at radius 2 is 1.86 bits per heavy atom. The number of nitrogens with zero attached hydrogens (tertiary/aromatic N) is 1. The molecule has 21 heavy (non-hydrogen) atoms. The van der Waals surface area contributed by atoms with Crippen LogP contribution in [0.1, 0.15) is 32.1 Å². The maximum Gasteiger partial charge on any atom is 0.158 e. The molecular formula is C16H23BrN2OS. The van der Waals surface area contributed by atoms with Crippen molar-refractivity contribution >= 4 is 33.9 Å². The van der Waals surface area contributed by atoms with Gasteiger partial charge in [0.05, 0.1) is 6.61 Å². The third-order valence-electron chi connectivity index (χ3n) is 3.18. The number of hydrogen-bond acceptors (Lipinski definition) is 4. The monoisotopic (exact) mass is 370 g/mol. The fourth-order valence-electron chi connectivity index (χ4n) is 2.05. The van der Waals surface area contributed by atoms with Gasteiger partial charge >= 0.3 is 0 Å². The Labute approximate surface area is 141 Å². The first kappa shape index (κ1) is 18.1. The molecule has 5 heteroatoms. The number of ether oxygens (including phenoxy) is 1. The highest BCUT2D eigenvalue weighted by Crippen LogP contribution is 2.19. The van der Waals surface area contributed by atoms with Gasteiger partial charge in [-0.1, -0.05) is 42.8 Å². The Morgan fingerprint density at radius 3 is 2.57 bits per heavy atom. The smallest absolute Gasteiger partial charge is 0.158 e. The van der Waals surface area contributed by atoms with E-state index in [0.29, 0.717) is 5.17 Å². The summed E-state index contributed by atoms with van der Waals surface area (Å²) < 4.78 is 5.67. The molecular weight excluding hydrogens is 348 g/mol. The second-order valence-electron chi connectivity index (χ2n) is 4.87. The first-order valence-corrected chi connectivity index (χ1v) is 8.15. The average Bonchev–Trinajstić information content (AvgIpc) is 2.49. The van der Waals surface area contributed by atoms with E-state index in [4.69, 9.17) is 10.5 Å². The number of unbranched alkanes of at least 4 members (excludes halogenated alkanes) is 3. The molecule has 0 saturated carbocycles. The second kappa shape index (κ2) is 10.7.